The van der Waals surface area contributed by atoms with E-state index in [-0.39, 0.29) is 11.2 Å². The van der Waals surface area contributed by atoms with Crippen molar-refractivity contribution in [2.75, 3.05) is 0 Å². The van der Waals surface area contributed by atoms with Gasteiger partial charge in [0.2, 0.25) is 0 Å². The number of rotatable bonds is 2. The van der Waals surface area contributed by atoms with Gasteiger partial charge in [0, 0.05) is 0 Å². The van der Waals surface area contributed by atoms with Gasteiger partial charge in [-0.05, 0) is 63.7 Å². The summed E-state index contributed by atoms with van der Waals surface area (Å²) in [5.74, 6) is 2.50. The highest BCUT2D eigenvalue weighted by molar-refractivity contribution is 5.09. The lowest BCUT2D eigenvalue weighted by Gasteiger charge is -2.35. The van der Waals surface area contributed by atoms with E-state index in [2.05, 4.69) is 20.8 Å². The first-order valence-corrected chi connectivity index (χ1v) is 7.87. The summed E-state index contributed by atoms with van der Waals surface area (Å²) in [6.45, 7) is 7.11. The lowest BCUT2D eigenvalue weighted by molar-refractivity contribution is 0.143. The molecule has 0 amide bonds. The Morgan fingerprint density at radius 1 is 1.06 bits per heavy atom. The van der Waals surface area contributed by atoms with Crippen LogP contribution in [0.5, 0.6) is 0 Å². The molecule has 18 heavy (non-hydrogen) atoms. The highest BCUT2D eigenvalue weighted by atomic mass is 16.6. The van der Waals surface area contributed by atoms with Gasteiger partial charge < -0.3 is 9.47 Å². The molecule has 0 spiro atoms. The summed E-state index contributed by atoms with van der Waals surface area (Å²) in [7, 11) is 0. The predicted octanol–water partition coefficient (Wildman–Crippen LogP) is 3.54. The topological polar surface area (TPSA) is 25.1 Å². The van der Waals surface area contributed by atoms with Gasteiger partial charge in [-0.3, -0.25) is 0 Å². The SMILES string of the molecule is CC(C1CCC2OC2(C)C1)C1CCCC2(C)OC12. The fourth-order valence-corrected chi connectivity index (χ4v) is 5.00. The van der Waals surface area contributed by atoms with Crippen LogP contribution in [0.25, 0.3) is 0 Å². The molecule has 0 aromatic heterocycles. The molecule has 2 aliphatic heterocycles. The summed E-state index contributed by atoms with van der Waals surface area (Å²) < 4.78 is 11.9. The van der Waals surface area contributed by atoms with Gasteiger partial charge in [0.25, 0.3) is 0 Å². The Morgan fingerprint density at radius 3 is 2.67 bits per heavy atom. The molecule has 4 aliphatic rings. The lowest BCUT2D eigenvalue weighted by Crippen LogP contribution is -2.35. The maximum Gasteiger partial charge on any atom is 0.0923 e. The molecule has 2 aliphatic carbocycles. The fraction of sp³-hybridized carbons (Fsp3) is 1.00. The van der Waals surface area contributed by atoms with Gasteiger partial charge >= 0.3 is 0 Å². The van der Waals surface area contributed by atoms with Crippen LogP contribution < -0.4 is 0 Å². The zero-order valence-electron chi connectivity index (χ0n) is 11.9. The van der Waals surface area contributed by atoms with E-state index in [1.54, 1.807) is 0 Å². The minimum atomic E-state index is 0.250. The van der Waals surface area contributed by atoms with Crippen LogP contribution in [0.4, 0.5) is 0 Å². The van der Waals surface area contributed by atoms with Gasteiger partial charge in [-0.15, -0.1) is 0 Å². The Labute approximate surface area is 110 Å². The van der Waals surface area contributed by atoms with E-state index in [4.69, 9.17) is 9.47 Å². The first-order valence-electron chi connectivity index (χ1n) is 7.87. The molecule has 2 nitrogen and oxygen atoms in total. The van der Waals surface area contributed by atoms with Gasteiger partial charge in [0.15, 0.2) is 0 Å². The number of hydrogen-bond donors (Lipinski definition) is 0. The van der Waals surface area contributed by atoms with E-state index in [9.17, 15) is 0 Å². The Kier molecular flexibility index (Phi) is 2.29. The molecule has 102 valence electrons. The molecule has 0 aromatic carbocycles. The zero-order chi connectivity index (χ0) is 12.5. The van der Waals surface area contributed by atoms with Crippen LogP contribution >= 0.6 is 0 Å². The van der Waals surface area contributed by atoms with Gasteiger partial charge in [0.1, 0.15) is 0 Å². The summed E-state index contributed by atoms with van der Waals surface area (Å²) in [6.07, 6.45) is 9.17. The Morgan fingerprint density at radius 2 is 1.89 bits per heavy atom. The molecule has 7 unspecified atom stereocenters. The van der Waals surface area contributed by atoms with Crippen molar-refractivity contribution in [2.45, 2.75) is 82.7 Å². The van der Waals surface area contributed by atoms with Crippen molar-refractivity contribution in [3.8, 4) is 0 Å². The fourth-order valence-electron chi connectivity index (χ4n) is 5.00. The first kappa shape index (κ1) is 11.7. The van der Waals surface area contributed by atoms with Crippen LogP contribution in [-0.2, 0) is 9.47 Å². The van der Waals surface area contributed by atoms with Crippen molar-refractivity contribution < 1.29 is 9.47 Å². The first-order chi connectivity index (χ1) is 8.52. The van der Waals surface area contributed by atoms with Gasteiger partial charge in [0.05, 0.1) is 23.4 Å². The molecular weight excluding hydrogens is 224 g/mol. The standard InChI is InChI=1S/C16H26O2/c1-10(11-6-7-13-16(3,9-11)17-13)12-5-4-8-15(2)14(12)18-15/h10-14H,4-9H2,1-3H3. The molecular formula is C16H26O2. The number of epoxide rings is 2. The molecule has 2 saturated carbocycles. The summed E-state index contributed by atoms with van der Waals surface area (Å²) in [5, 5.41) is 0. The lowest BCUT2D eigenvalue weighted by atomic mass is 9.67. The maximum absolute atomic E-state index is 6.02. The zero-order valence-corrected chi connectivity index (χ0v) is 11.9. The van der Waals surface area contributed by atoms with Crippen LogP contribution in [-0.4, -0.2) is 23.4 Å². The molecule has 2 heterocycles. The molecule has 0 aromatic rings. The van der Waals surface area contributed by atoms with Crippen LogP contribution in [0.15, 0.2) is 0 Å². The normalized spacial score (nSPS) is 59.5. The molecule has 4 rings (SSSR count). The third-order valence-electron chi connectivity index (χ3n) is 6.46. The highest BCUT2D eigenvalue weighted by Crippen LogP contribution is 2.57. The summed E-state index contributed by atoms with van der Waals surface area (Å²) in [6, 6.07) is 0. The largest absolute Gasteiger partial charge is 0.366 e. The van der Waals surface area contributed by atoms with Crippen molar-refractivity contribution in [3.05, 3.63) is 0 Å². The summed E-state index contributed by atoms with van der Waals surface area (Å²) in [4.78, 5) is 0. The summed E-state index contributed by atoms with van der Waals surface area (Å²) in [5.41, 5.74) is 0.508. The number of fused-ring (bicyclic) bond motifs is 2. The van der Waals surface area contributed by atoms with E-state index < -0.39 is 0 Å². The Hall–Kier alpha value is -0.0800. The minimum absolute atomic E-state index is 0.250. The van der Waals surface area contributed by atoms with Gasteiger partial charge in [-0.1, -0.05) is 13.3 Å². The molecule has 7 atom stereocenters. The molecule has 0 radical (unpaired) electrons. The molecule has 0 N–H and O–H groups in total. The van der Waals surface area contributed by atoms with Crippen LogP contribution in [0.2, 0.25) is 0 Å². The van der Waals surface area contributed by atoms with E-state index >= 15 is 0 Å². The maximum atomic E-state index is 6.02. The third-order valence-corrected chi connectivity index (χ3v) is 6.46. The van der Waals surface area contributed by atoms with Gasteiger partial charge in [-0.25, -0.2) is 0 Å². The average Bonchev–Trinajstić information content (AvgIpc) is 3.19. The van der Waals surface area contributed by atoms with Crippen molar-refractivity contribution in [1.29, 1.82) is 0 Å². The van der Waals surface area contributed by atoms with E-state index in [1.807, 2.05) is 0 Å². The smallest absolute Gasteiger partial charge is 0.0923 e. The van der Waals surface area contributed by atoms with Crippen LogP contribution in [0, 0.1) is 17.8 Å². The Balaban J connectivity index is 1.45. The van der Waals surface area contributed by atoms with Crippen molar-refractivity contribution >= 4 is 0 Å². The van der Waals surface area contributed by atoms with E-state index in [1.165, 1.54) is 38.5 Å². The molecule has 4 fully saturated rings. The van der Waals surface area contributed by atoms with E-state index in [0.29, 0.717) is 12.2 Å². The molecule has 0 bridgehead atoms. The number of hydrogen-bond acceptors (Lipinski definition) is 2. The quantitative estimate of drug-likeness (QED) is 0.700. The second-order valence-electron chi connectivity index (χ2n) is 7.73. The van der Waals surface area contributed by atoms with Crippen LogP contribution in [0.3, 0.4) is 0 Å². The highest BCUT2D eigenvalue weighted by Gasteiger charge is 2.61. The molecule has 2 saturated heterocycles. The van der Waals surface area contributed by atoms with E-state index in [0.717, 1.165) is 17.8 Å². The Bertz CT molecular complexity index is 368. The van der Waals surface area contributed by atoms with Crippen molar-refractivity contribution in [2.24, 2.45) is 17.8 Å². The van der Waals surface area contributed by atoms with Crippen molar-refractivity contribution in [1.82, 2.24) is 0 Å². The molecule has 2 heteroatoms. The number of ether oxygens (including phenoxy) is 2. The second-order valence-corrected chi connectivity index (χ2v) is 7.73. The van der Waals surface area contributed by atoms with Crippen LogP contribution in [0.1, 0.15) is 59.3 Å². The average molecular weight is 250 g/mol. The monoisotopic (exact) mass is 250 g/mol. The van der Waals surface area contributed by atoms with Crippen molar-refractivity contribution in [3.63, 3.8) is 0 Å². The minimum Gasteiger partial charge on any atom is -0.366 e. The third kappa shape index (κ3) is 1.61. The second kappa shape index (κ2) is 3.52. The van der Waals surface area contributed by atoms with Gasteiger partial charge in [-0.2, -0.15) is 0 Å². The predicted molar refractivity (Wildman–Crippen MR) is 70.4 cm³/mol. The summed E-state index contributed by atoms with van der Waals surface area (Å²) >= 11 is 0.